The second kappa shape index (κ2) is 4.72. The lowest BCUT2D eigenvalue weighted by Gasteiger charge is -2.13. The molecule has 0 fully saturated rings. The van der Waals surface area contributed by atoms with Crippen LogP contribution >= 0.6 is 0 Å². The summed E-state index contributed by atoms with van der Waals surface area (Å²) in [6.45, 7) is 6.85. The Labute approximate surface area is 102 Å². The van der Waals surface area contributed by atoms with Crippen molar-refractivity contribution >= 4 is 16.7 Å². The van der Waals surface area contributed by atoms with E-state index < -0.39 is 0 Å². The van der Waals surface area contributed by atoms with Gasteiger partial charge in [0.1, 0.15) is 5.82 Å². The summed E-state index contributed by atoms with van der Waals surface area (Å²) >= 11 is 0. The van der Waals surface area contributed by atoms with Crippen molar-refractivity contribution in [3.63, 3.8) is 0 Å². The van der Waals surface area contributed by atoms with E-state index >= 15 is 0 Å². The van der Waals surface area contributed by atoms with Crippen LogP contribution in [0, 0.1) is 13.8 Å². The van der Waals surface area contributed by atoms with E-state index in [0.717, 1.165) is 11.3 Å². The number of fused-ring (bicyclic) bond motifs is 1. The fourth-order valence-corrected chi connectivity index (χ4v) is 1.90. The summed E-state index contributed by atoms with van der Waals surface area (Å²) < 4.78 is 0. The zero-order valence-electron chi connectivity index (χ0n) is 10.6. The van der Waals surface area contributed by atoms with Crippen LogP contribution in [0.15, 0.2) is 24.3 Å². The molecule has 0 saturated heterocycles. The molecule has 1 aromatic heterocycles. The smallest absolute Gasteiger partial charge is 0.127 e. The molecule has 0 spiro atoms. The van der Waals surface area contributed by atoms with Gasteiger partial charge in [0.05, 0.1) is 5.52 Å². The van der Waals surface area contributed by atoms with Crippen LogP contribution in [-0.4, -0.2) is 17.6 Å². The van der Waals surface area contributed by atoms with Crippen LogP contribution in [0.25, 0.3) is 10.9 Å². The first-order chi connectivity index (χ1) is 8.10. The van der Waals surface area contributed by atoms with Crippen molar-refractivity contribution in [2.24, 2.45) is 5.73 Å². The molecule has 0 saturated carbocycles. The number of rotatable bonds is 3. The van der Waals surface area contributed by atoms with Crippen LogP contribution in [0.3, 0.4) is 0 Å². The van der Waals surface area contributed by atoms with Gasteiger partial charge in [-0.15, -0.1) is 0 Å². The van der Waals surface area contributed by atoms with Crippen LogP contribution in [0.5, 0.6) is 0 Å². The topological polar surface area (TPSA) is 50.9 Å². The predicted octanol–water partition coefficient (Wildman–Crippen LogP) is 2.61. The average molecular weight is 229 g/mol. The van der Waals surface area contributed by atoms with Gasteiger partial charge in [-0.05, 0) is 44.0 Å². The van der Waals surface area contributed by atoms with Crippen molar-refractivity contribution in [3.05, 3.63) is 35.4 Å². The predicted molar refractivity (Wildman–Crippen MR) is 73.4 cm³/mol. The molecule has 0 amide bonds. The normalized spacial score (nSPS) is 12.7. The van der Waals surface area contributed by atoms with Crippen LogP contribution < -0.4 is 11.1 Å². The van der Waals surface area contributed by atoms with Gasteiger partial charge in [-0.3, -0.25) is 0 Å². The van der Waals surface area contributed by atoms with Gasteiger partial charge < -0.3 is 11.1 Å². The lowest BCUT2D eigenvalue weighted by atomic mass is 10.1. The molecular formula is C14H19N3. The van der Waals surface area contributed by atoms with Crippen molar-refractivity contribution < 1.29 is 0 Å². The number of aryl methyl sites for hydroxylation is 2. The Morgan fingerprint density at radius 1 is 1.29 bits per heavy atom. The number of hydrogen-bond acceptors (Lipinski definition) is 3. The van der Waals surface area contributed by atoms with Crippen molar-refractivity contribution in [2.45, 2.75) is 26.8 Å². The molecule has 0 aliphatic heterocycles. The van der Waals surface area contributed by atoms with E-state index in [9.17, 15) is 0 Å². The first-order valence-corrected chi connectivity index (χ1v) is 5.95. The Morgan fingerprint density at radius 2 is 2.06 bits per heavy atom. The maximum atomic E-state index is 5.60. The van der Waals surface area contributed by atoms with Gasteiger partial charge in [0.15, 0.2) is 0 Å². The summed E-state index contributed by atoms with van der Waals surface area (Å²) in [5.74, 6) is 0.901. The second-order valence-electron chi connectivity index (χ2n) is 4.63. The van der Waals surface area contributed by atoms with E-state index in [1.54, 1.807) is 0 Å². The van der Waals surface area contributed by atoms with E-state index in [4.69, 9.17) is 5.73 Å². The highest BCUT2D eigenvalue weighted by Gasteiger charge is 2.05. The minimum absolute atomic E-state index is 0.240. The molecule has 17 heavy (non-hydrogen) atoms. The van der Waals surface area contributed by atoms with Gasteiger partial charge in [-0.2, -0.15) is 0 Å². The number of anilines is 1. The molecule has 1 unspecified atom stereocenters. The lowest BCUT2D eigenvalue weighted by molar-refractivity contribution is 0.799. The number of hydrogen-bond donors (Lipinski definition) is 2. The minimum atomic E-state index is 0.240. The molecule has 1 heterocycles. The van der Waals surface area contributed by atoms with Gasteiger partial charge >= 0.3 is 0 Å². The van der Waals surface area contributed by atoms with Crippen LogP contribution in [0.1, 0.15) is 18.1 Å². The highest BCUT2D eigenvalue weighted by molar-refractivity contribution is 5.84. The molecule has 1 aromatic carbocycles. The number of nitrogens with zero attached hydrogens (tertiary/aromatic N) is 1. The molecule has 0 bridgehead atoms. The van der Waals surface area contributed by atoms with Crippen molar-refractivity contribution in [3.8, 4) is 0 Å². The fourth-order valence-electron chi connectivity index (χ4n) is 1.90. The van der Waals surface area contributed by atoms with Crippen molar-refractivity contribution in [1.82, 2.24) is 4.98 Å². The Hall–Kier alpha value is -1.61. The first-order valence-electron chi connectivity index (χ1n) is 5.95. The summed E-state index contributed by atoms with van der Waals surface area (Å²) in [6, 6.07) is 8.67. The highest BCUT2D eigenvalue weighted by Crippen LogP contribution is 2.21. The number of benzene rings is 1. The van der Waals surface area contributed by atoms with Crippen LogP contribution in [0.2, 0.25) is 0 Å². The summed E-state index contributed by atoms with van der Waals surface area (Å²) in [6.07, 6.45) is 0. The molecule has 2 aromatic rings. The zero-order chi connectivity index (χ0) is 12.4. The monoisotopic (exact) mass is 229 g/mol. The maximum Gasteiger partial charge on any atom is 0.127 e. The molecular weight excluding hydrogens is 210 g/mol. The van der Waals surface area contributed by atoms with Crippen molar-refractivity contribution in [2.75, 3.05) is 11.9 Å². The van der Waals surface area contributed by atoms with Gasteiger partial charge in [-0.1, -0.05) is 12.1 Å². The Morgan fingerprint density at radius 3 is 2.76 bits per heavy atom. The lowest BCUT2D eigenvalue weighted by Crippen LogP contribution is -2.25. The number of pyridine rings is 1. The molecule has 3 nitrogen and oxygen atoms in total. The van der Waals surface area contributed by atoms with Gasteiger partial charge in [0, 0.05) is 18.0 Å². The Bertz CT molecular complexity index is 534. The molecule has 0 aliphatic carbocycles. The zero-order valence-corrected chi connectivity index (χ0v) is 10.6. The molecule has 0 aliphatic rings. The van der Waals surface area contributed by atoms with Gasteiger partial charge in [-0.25, -0.2) is 4.98 Å². The summed E-state index contributed by atoms with van der Waals surface area (Å²) in [7, 11) is 0. The first kappa shape index (κ1) is 11.9. The number of nitrogens with two attached hydrogens (primary N) is 1. The quantitative estimate of drug-likeness (QED) is 0.850. The SMILES string of the molecule is Cc1ccc2c(C)cc(NC(C)CN)nc2c1. The van der Waals surface area contributed by atoms with E-state index in [1.807, 2.05) is 0 Å². The number of aromatic nitrogens is 1. The third-order valence-corrected chi connectivity index (χ3v) is 2.92. The minimum Gasteiger partial charge on any atom is -0.366 e. The molecule has 3 heteroatoms. The second-order valence-corrected chi connectivity index (χ2v) is 4.63. The molecule has 1 atom stereocenters. The largest absolute Gasteiger partial charge is 0.366 e. The summed E-state index contributed by atoms with van der Waals surface area (Å²) in [5, 5.41) is 4.52. The van der Waals surface area contributed by atoms with Crippen molar-refractivity contribution in [1.29, 1.82) is 0 Å². The molecule has 3 N–H and O–H groups in total. The Balaban J connectivity index is 2.46. The summed E-state index contributed by atoms with van der Waals surface area (Å²) in [4.78, 5) is 4.62. The maximum absolute atomic E-state index is 5.60. The fraction of sp³-hybridized carbons (Fsp3) is 0.357. The van der Waals surface area contributed by atoms with E-state index in [1.165, 1.54) is 16.5 Å². The van der Waals surface area contributed by atoms with E-state index in [2.05, 4.69) is 55.3 Å². The van der Waals surface area contributed by atoms with Gasteiger partial charge in [0.25, 0.3) is 0 Å². The average Bonchev–Trinajstić information content (AvgIpc) is 2.28. The van der Waals surface area contributed by atoms with E-state index in [-0.39, 0.29) is 6.04 Å². The standard InChI is InChI=1S/C14H19N3/c1-9-4-5-12-10(2)7-14(16-11(3)8-15)17-13(12)6-9/h4-7,11H,8,15H2,1-3H3,(H,16,17). The third-order valence-electron chi connectivity index (χ3n) is 2.92. The number of nitrogens with one attached hydrogen (secondary N) is 1. The van der Waals surface area contributed by atoms with Gasteiger partial charge in [0.2, 0.25) is 0 Å². The molecule has 90 valence electrons. The van der Waals surface area contributed by atoms with Crippen LogP contribution in [-0.2, 0) is 0 Å². The highest BCUT2D eigenvalue weighted by atomic mass is 15.0. The Kier molecular flexibility index (Phi) is 3.29. The van der Waals surface area contributed by atoms with E-state index in [0.29, 0.717) is 6.54 Å². The summed E-state index contributed by atoms with van der Waals surface area (Å²) in [5.41, 5.74) is 9.11. The van der Waals surface area contributed by atoms with Crippen LogP contribution in [0.4, 0.5) is 5.82 Å². The third kappa shape index (κ3) is 2.56. The molecule has 2 rings (SSSR count). The molecule has 0 radical (unpaired) electrons.